The molecular formula is C15H18O5. The van der Waals surface area contributed by atoms with Crippen molar-refractivity contribution in [3.8, 4) is 11.5 Å². The summed E-state index contributed by atoms with van der Waals surface area (Å²) in [5.41, 5.74) is -0.622. The second-order valence-electron chi connectivity index (χ2n) is 5.28. The molecule has 0 spiro atoms. The van der Waals surface area contributed by atoms with Gasteiger partial charge in [0.2, 0.25) is 0 Å². The predicted molar refractivity (Wildman–Crippen MR) is 72.1 cm³/mol. The van der Waals surface area contributed by atoms with Gasteiger partial charge in [-0.1, -0.05) is 12.8 Å². The minimum Gasteiger partial charge on any atom is -0.504 e. The normalized spacial score (nSPS) is 16.9. The Morgan fingerprint density at radius 1 is 1.30 bits per heavy atom. The molecule has 1 aromatic rings. The Labute approximate surface area is 117 Å². The van der Waals surface area contributed by atoms with E-state index < -0.39 is 11.4 Å². The monoisotopic (exact) mass is 278 g/mol. The Morgan fingerprint density at radius 2 is 1.95 bits per heavy atom. The van der Waals surface area contributed by atoms with E-state index in [2.05, 4.69) is 0 Å². The van der Waals surface area contributed by atoms with Gasteiger partial charge in [0, 0.05) is 12.0 Å². The molecule has 0 bridgehead atoms. The molecule has 0 unspecified atom stereocenters. The molecule has 1 saturated carbocycles. The number of phenolic OH excluding ortho intramolecular Hbond substituents is 1. The quantitative estimate of drug-likeness (QED) is 0.809. The molecule has 0 atom stereocenters. The number of carboxylic acids is 1. The van der Waals surface area contributed by atoms with Crippen LogP contribution in [0.1, 0.15) is 42.5 Å². The number of carbonyl (C=O) groups is 2. The van der Waals surface area contributed by atoms with Gasteiger partial charge in [0.05, 0.1) is 12.5 Å². The fourth-order valence-electron chi connectivity index (χ4n) is 2.79. The third-order valence-electron chi connectivity index (χ3n) is 4.01. The number of hydrogen-bond donors (Lipinski definition) is 2. The molecule has 2 rings (SSSR count). The highest BCUT2D eigenvalue weighted by atomic mass is 16.5. The van der Waals surface area contributed by atoms with Crippen LogP contribution in [0, 0.1) is 5.41 Å². The van der Waals surface area contributed by atoms with Crippen LogP contribution in [0.4, 0.5) is 0 Å². The first-order valence-electron chi connectivity index (χ1n) is 6.62. The Bertz CT molecular complexity index is 529. The van der Waals surface area contributed by atoms with Crippen molar-refractivity contribution in [2.24, 2.45) is 5.41 Å². The number of Topliss-reactive ketones (excluding diaryl/α,β-unsaturated/α-hetero) is 1. The number of benzene rings is 1. The summed E-state index contributed by atoms with van der Waals surface area (Å²) < 4.78 is 4.92. The fraction of sp³-hybridized carbons (Fsp3) is 0.467. The molecule has 2 N–H and O–H groups in total. The molecule has 0 aliphatic heterocycles. The zero-order chi connectivity index (χ0) is 14.8. The lowest BCUT2D eigenvalue weighted by Gasteiger charge is -2.22. The van der Waals surface area contributed by atoms with E-state index in [1.165, 1.54) is 19.2 Å². The van der Waals surface area contributed by atoms with Crippen molar-refractivity contribution in [3.05, 3.63) is 23.8 Å². The lowest BCUT2D eigenvalue weighted by atomic mass is 9.80. The van der Waals surface area contributed by atoms with Crippen LogP contribution in [0.2, 0.25) is 0 Å². The van der Waals surface area contributed by atoms with Gasteiger partial charge in [0.25, 0.3) is 0 Å². The average Bonchev–Trinajstić information content (AvgIpc) is 2.88. The van der Waals surface area contributed by atoms with Gasteiger partial charge in [0.15, 0.2) is 17.3 Å². The minimum atomic E-state index is -0.938. The Hall–Kier alpha value is -2.04. The third-order valence-corrected chi connectivity index (χ3v) is 4.01. The molecule has 5 heteroatoms. The van der Waals surface area contributed by atoms with Crippen LogP contribution in [0.25, 0.3) is 0 Å². The third kappa shape index (κ3) is 2.61. The maximum absolute atomic E-state index is 12.2. The highest BCUT2D eigenvalue weighted by Crippen LogP contribution is 2.42. The molecule has 0 saturated heterocycles. The van der Waals surface area contributed by atoms with Crippen LogP contribution in [0.15, 0.2) is 18.2 Å². The van der Waals surface area contributed by atoms with Gasteiger partial charge in [-0.2, -0.15) is 0 Å². The number of carbonyl (C=O) groups excluding carboxylic acids is 1. The molecule has 0 heterocycles. The number of phenols is 1. The Kier molecular flexibility index (Phi) is 3.97. The van der Waals surface area contributed by atoms with Crippen molar-refractivity contribution in [3.63, 3.8) is 0 Å². The summed E-state index contributed by atoms with van der Waals surface area (Å²) in [7, 11) is 1.43. The van der Waals surface area contributed by atoms with E-state index in [1.807, 2.05) is 0 Å². The number of carboxylic acid groups (broad SMARTS) is 1. The number of hydrogen-bond acceptors (Lipinski definition) is 4. The van der Waals surface area contributed by atoms with Crippen LogP contribution >= 0.6 is 0 Å². The van der Waals surface area contributed by atoms with Gasteiger partial charge in [0.1, 0.15) is 0 Å². The number of rotatable bonds is 5. The first-order chi connectivity index (χ1) is 9.48. The standard InChI is InChI=1S/C15H18O5/c1-20-13-5-4-10(8-11(13)16)12(17)9-15(14(18)19)6-2-3-7-15/h4-5,8,16H,2-3,6-7,9H2,1H3,(H,18,19). The minimum absolute atomic E-state index is 0.0197. The first-order valence-corrected chi connectivity index (χ1v) is 6.62. The van der Waals surface area contributed by atoms with Gasteiger partial charge >= 0.3 is 5.97 Å². The second-order valence-corrected chi connectivity index (χ2v) is 5.28. The number of methoxy groups -OCH3 is 1. The molecule has 1 aromatic carbocycles. The van der Waals surface area contributed by atoms with Gasteiger partial charge in [-0.25, -0.2) is 0 Å². The summed E-state index contributed by atoms with van der Waals surface area (Å²) >= 11 is 0. The van der Waals surface area contributed by atoms with Crippen molar-refractivity contribution in [1.29, 1.82) is 0 Å². The SMILES string of the molecule is COc1ccc(C(=O)CC2(C(=O)O)CCCC2)cc1O. The topological polar surface area (TPSA) is 83.8 Å². The summed E-state index contributed by atoms with van der Waals surface area (Å²) in [5, 5.41) is 19.1. The van der Waals surface area contributed by atoms with E-state index in [1.54, 1.807) is 6.07 Å². The van der Waals surface area contributed by atoms with Crippen molar-refractivity contribution in [1.82, 2.24) is 0 Å². The van der Waals surface area contributed by atoms with E-state index in [4.69, 9.17) is 4.74 Å². The van der Waals surface area contributed by atoms with Gasteiger partial charge in [-0.05, 0) is 31.0 Å². The zero-order valence-corrected chi connectivity index (χ0v) is 11.4. The predicted octanol–water partition coefficient (Wildman–Crippen LogP) is 2.62. The molecule has 0 radical (unpaired) electrons. The largest absolute Gasteiger partial charge is 0.504 e. The molecule has 5 nitrogen and oxygen atoms in total. The molecule has 1 aliphatic carbocycles. The van der Waals surface area contributed by atoms with Crippen LogP contribution in [0.3, 0.4) is 0 Å². The summed E-state index contributed by atoms with van der Waals surface area (Å²) in [6.45, 7) is 0. The van der Waals surface area contributed by atoms with Crippen LogP contribution in [-0.2, 0) is 4.79 Å². The molecule has 0 amide bonds. The number of aliphatic carboxylic acids is 1. The molecule has 108 valence electrons. The Morgan fingerprint density at radius 3 is 2.45 bits per heavy atom. The average molecular weight is 278 g/mol. The highest BCUT2D eigenvalue weighted by Gasteiger charge is 2.43. The number of aromatic hydroxyl groups is 1. The summed E-state index contributed by atoms with van der Waals surface area (Å²) in [6, 6.07) is 4.38. The van der Waals surface area contributed by atoms with Crippen LogP contribution in [0.5, 0.6) is 11.5 Å². The molecular weight excluding hydrogens is 260 g/mol. The van der Waals surface area contributed by atoms with Crippen molar-refractivity contribution in [2.75, 3.05) is 7.11 Å². The van der Waals surface area contributed by atoms with Gasteiger partial charge < -0.3 is 14.9 Å². The highest BCUT2D eigenvalue weighted by molar-refractivity contribution is 5.99. The van der Waals surface area contributed by atoms with Crippen molar-refractivity contribution in [2.45, 2.75) is 32.1 Å². The van der Waals surface area contributed by atoms with Gasteiger partial charge in [-0.15, -0.1) is 0 Å². The van der Waals surface area contributed by atoms with Crippen LogP contribution in [-0.4, -0.2) is 29.1 Å². The lowest BCUT2D eigenvalue weighted by Crippen LogP contribution is -2.30. The van der Waals surface area contributed by atoms with Crippen molar-refractivity contribution < 1.29 is 24.5 Å². The van der Waals surface area contributed by atoms with E-state index in [-0.39, 0.29) is 23.7 Å². The zero-order valence-electron chi connectivity index (χ0n) is 11.4. The van der Waals surface area contributed by atoms with Gasteiger partial charge in [-0.3, -0.25) is 9.59 Å². The maximum Gasteiger partial charge on any atom is 0.310 e. The van der Waals surface area contributed by atoms with Crippen molar-refractivity contribution >= 4 is 11.8 Å². The second kappa shape index (κ2) is 5.53. The summed E-state index contributed by atoms with van der Waals surface area (Å²) in [5.74, 6) is -0.988. The van der Waals surface area contributed by atoms with E-state index in [9.17, 15) is 19.8 Å². The van der Waals surface area contributed by atoms with E-state index in [0.717, 1.165) is 12.8 Å². The molecule has 0 aromatic heterocycles. The number of ether oxygens (including phenoxy) is 1. The maximum atomic E-state index is 12.2. The Balaban J connectivity index is 2.19. The first kappa shape index (κ1) is 14.4. The lowest BCUT2D eigenvalue weighted by molar-refractivity contribution is -0.148. The van der Waals surface area contributed by atoms with Crippen LogP contribution < -0.4 is 4.74 Å². The summed E-state index contributed by atoms with van der Waals surface area (Å²) in [4.78, 5) is 23.7. The molecule has 1 aliphatic rings. The van der Waals surface area contributed by atoms with E-state index >= 15 is 0 Å². The van der Waals surface area contributed by atoms with E-state index in [0.29, 0.717) is 18.4 Å². The number of ketones is 1. The smallest absolute Gasteiger partial charge is 0.310 e. The molecule has 20 heavy (non-hydrogen) atoms. The summed E-state index contributed by atoms with van der Waals surface area (Å²) in [6.07, 6.45) is 2.74. The molecule has 1 fully saturated rings. The fourth-order valence-corrected chi connectivity index (χ4v) is 2.79.